The first-order chi connectivity index (χ1) is 19.6. The van der Waals surface area contributed by atoms with Gasteiger partial charge in [0.1, 0.15) is 18.3 Å². The van der Waals surface area contributed by atoms with Crippen molar-refractivity contribution in [1.29, 1.82) is 0 Å². The highest BCUT2D eigenvalue weighted by atomic mass is 35.5. The van der Waals surface area contributed by atoms with Crippen LogP contribution in [0, 0.1) is 0 Å². The molecule has 0 bridgehead atoms. The fourth-order valence-electron chi connectivity index (χ4n) is 4.27. The zero-order chi connectivity index (χ0) is 30.2. The van der Waals surface area contributed by atoms with Gasteiger partial charge in [0.05, 0.1) is 17.2 Å². The molecule has 1 atom stereocenters. The number of para-hydroxylation sites is 2. The topological polar surface area (TPSA) is 96.0 Å². The Morgan fingerprint density at radius 2 is 1.61 bits per heavy atom. The standard InChI is InChI=1S/C29H33Cl2N3O5S2/c1-5-25(29(36)32-3)33(18-22-23(30)10-9-11-24(22)31)28(35)19-34(26-12-7-8-13-27(26)39-6-2)41(37,38)21-16-14-20(40-4)15-17-21/h7-17,25H,5-6,18-19H2,1-4H3,(H,32,36)/t25-/m0/s1. The minimum absolute atomic E-state index is 0.00782. The first kappa shape index (κ1) is 32.6. The SMILES string of the molecule is CCOc1ccccc1N(CC(=O)N(Cc1c(Cl)cccc1Cl)[C@@H](CC)C(=O)NC)S(=O)(=O)c1ccc(SC)cc1. The largest absolute Gasteiger partial charge is 0.492 e. The van der Waals surface area contributed by atoms with E-state index in [-0.39, 0.29) is 30.2 Å². The summed E-state index contributed by atoms with van der Waals surface area (Å²) in [4.78, 5) is 29.2. The number of likely N-dealkylation sites (N-methyl/N-ethyl adjacent to an activating group) is 1. The lowest BCUT2D eigenvalue weighted by atomic mass is 10.1. The van der Waals surface area contributed by atoms with Crippen LogP contribution in [0.5, 0.6) is 5.75 Å². The molecule has 0 radical (unpaired) electrons. The van der Waals surface area contributed by atoms with Crippen molar-refractivity contribution >= 4 is 62.5 Å². The number of hydrogen-bond donors (Lipinski definition) is 1. The number of benzene rings is 3. The molecule has 0 saturated carbocycles. The van der Waals surface area contributed by atoms with Crippen LogP contribution in [0.3, 0.4) is 0 Å². The number of sulfonamides is 1. The van der Waals surface area contributed by atoms with Gasteiger partial charge in [-0.3, -0.25) is 13.9 Å². The minimum atomic E-state index is -4.25. The third-order valence-corrected chi connectivity index (χ3v) is 9.61. The summed E-state index contributed by atoms with van der Waals surface area (Å²) in [5.74, 6) is -0.723. The van der Waals surface area contributed by atoms with E-state index in [1.165, 1.54) is 35.8 Å². The zero-order valence-corrected chi connectivity index (χ0v) is 26.4. The van der Waals surface area contributed by atoms with Crippen molar-refractivity contribution in [2.24, 2.45) is 0 Å². The van der Waals surface area contributed by atoms with Gasteiger partial charge in [0.25, 0.3) is 10.0 Å². The van der Waals surface area contributed by atoms with Gasteiger partial charge in [0.15, 0.2) is 0 Å². The van der Waals surface area contributed by atoms with E-state index in [0.717, 1.165) is 9.20 Å². The second kappa shape index (κ2) is 14.8. The van der Waals surface area contributed by atoms with Gasteiger partial charge in [-0.2, -0.15) is 0 Å². The van der Waals surface area contributed by atoms with Crippen LogP contribution in [-0.4, -0.2) is 57.6 Å². The Balaban J connectivity index is 2.15. The second-order valence-corrected chi connectivity index (χ2v) is 12.4. The molecule has 0 aliphatic carbocycles. The van der Waals surface area contributed by atoms with E-state index in [1.54, 1.807) is 68.4 Å². The number of amides is 2. The summed E-state index contributed by atoms with van der Waals surface area (Å²) in [5, 5.41) is 3.23. The summed E-state index contributed by atoms with van der Waals surface area (Å²) >= 11 is 14.3. The van der Waals surface area contributed by atoms with Crippen LogP contribution in [-0.2, 0) is 26.2 Å². The van der Waals surface area contributed by atoms with E-state index >= 15 is 0 Å². The average Bonchev–Trinajstić information content (AvgIpc) is 2.97. The van der Waals surface area contributed by atoms with Crippen molar-refractivity contribution < 1.29 is 22.7 Å². The molecule has 220 valence electrons. The smallest absolute Gasteiger partial charge is 0.264 e. The number of anilines is 1. The van der Waals surface area contributed by atoms with Crippen LogP contribution in [0.15, 0.2) is 76.5 Å². The monoisotopic (exact) mass is 637 g/mol. The van der Waals surface area contributed by atoms with Crippen molar-refractivity contribution in [3.8, 4) is 5.75 Å². The average molecular weight is 639 g/mol. The van der Waals surface area contributed by atoms with Gasteiger partial charge >= 0.3 is 0 Å². The van der Waals surface area contributed by atoms with Crippen LogP contribution in [0.2, 0.25) is 10.0 Å². The van der Waals surface area contributed by atoms with Crippen molar-refractivity contribution in [1.82, 2.24) is 10.2 Å². The Labute approximate surface area is 256 Å². The van der Waals surface area contributed by atoms with E-state index in [0.29, 0.717) is 21.4 Å². The normalized spacial score (nSPS) is 12.0. The summed E-state index contributed by atoms with van der Waals surface area (Å²) < 4.78 is 35.0. The Morgan fingerprint density at radius 3 is 2.17 bits per heavy atom. The number of halogens is 2. The summed E-state index contributed by atoms with van der Waals surface area (Å²) in [7, 11) is -2.78. The maximum atomic E-state index is 14.1. The molecule has 0 saturated heterocycles. The number of carbonyl (C=O) groups excluding carboxylic acids is 2. The molecule has 0 aliphatic rings. The van der Waals surface area contributed by atoms with Crippen molar-refractivity contribution in [2.45, 2.75) is 42.6 Å². The van der Waals surface area contributed by atoms with Crippen LogP contribution in [0.1, 0.15) is 25.8 Å². The number of carbonyl (C=O) groups is 2. The molecule has 3 aromatic rings. The summed E-state index contributed by atoms with van der Waals surface area (Å²) in [6, 6.07) is 17.1. The number of nitrogens with one attached hydrogen (secondary N) is 1. The Morgan fingerprint density at radius 1 is 0.976 bits per heavy atom. The lowest BCUT2D eigenvalue weighted by Gasteiger charge is -2.33. The summed E-state index contributed by atoms with van der Waals surface area (Å²) in [6.07, 6.45) is 2.16. The summed E-state index contributed by atoms with van der Waals surface area (Å²) in [6.45, 7) is 3.12. The first-order valence-corrected chi connectivity index (χ1v) is 16.3. The number of ether oxygens (including phenoxy) is 1. The van der Waals surface area contributed by atoms with E-state index in [9.17, 15) is 18.0 Å². The first-order valence-electron chi connectivity index (χ1n) is 12.9. The van der Waals surface area contributed by atoms with Crippen LogP contribution in [0.4, 0.5) is 5.69 Å². The predicted molar refractivity (Wildman–Crippen MR) is 166 cm³/mol. The van der Waals surface area contributed by atoms with Gasteiger partial charge < -0.3 is 15.0 Å². The maximum Gasteiger partial charge on any atom is 0.264 e. The predicted octanol–water partition coefficient (Wildman–Crippen LogP) is 5.86. The second-order valence-electron chi connectivity index (χ2n) is 8.85. The number of nitrogens with zero attached hydrogens (tertiary/aromatic N) is 2. The zero-order valence-electron chi connectivity index (χ0n) is 23.3. The molecular weight excluding hydrogens is 605 g/mol. The minimum Gasteiger partial charge on any atom is -0.492 e. The van der Waals surface area contributed by atoms with Crippen LogP contribution in [0.25, 0.3) is 0 Å². The van der Waals surface area contributed by atoms with Crippen molar-refractivity contribution in [2.75, 3.05) is 30.8 Å². The molecule has 2 amide bonds. The van der Waals surface area contributed by atoms with Gasteiger partial charge in [-0.1, -0.05) is 48.3 Å². The quantitative estimate of drug-likeness (QED) is 0.236. The van der Waals surface area contributed by atoms with Gasteiger partial charge in [-0.15, -0.1) is 11.8 Å². The van der Waals surface area contributed by atoms with Crippen LogP contribution >= 0.6 is 35.0 Å². The molecule has 41 heavy (non-hydrogen) atoms. The number of thioether (sulfide) groups is 1. The van der Waals surface area contributed by atoms with Crippen LogP contribution < -0.4 is 14.4 Å². The third-order valence-electron chi connectivity index (χ3n) is 6.38. The molecule has 1 N–H and O–H groups in total. The molecule has 0 spiro atoms. The molecule has 0 aliphatic heterocycles. The van der Waals surface area contributed by atoms with E-state index in [2.05, 4.69) is 5.32 Å². The molecule has 0 aromatic heterocycles. The highest BCUT2D eigenvalue weighted by Crippen LogP contribution is 2.34. The highest BCUT2D eigenvalue weighted by Gasteiger charge is 2.35. The fraction of sp³-hybridized carbons (Fsp3) is 0.310. The van der Waals surface area contributed by atoms with E-state index < -0.39 is 34.4 Å². The molecular formula is C29H33Cl2N3O5S2. The molecule has 3 rings (SSSR count). The number of hydrogen-bond acceptors (Lipinski definition) is 6. The summed E-state index contributed by atoms with van der Waals surface area (Å²) in [5.41, 5.74) is 0.642. The molecule has 0 heterocycles. The molecule has 12 heteroatoms. The van der Waals surface area contributed by atoms with E-state index in [4.69, 9.17) is 27.9 Å². The lowest BCUT2D eigenvalue weighted by molar-refractivity contribution is -0.140. The fourth-order valence-corrected chi connectivity index (χ4v) is 6.62. The van der Waals surface area contributed by atoms with Crippen molar-refractivity contribution in [3.05, 3.63) is 82.3 Å². The highest BCUT2D eigenvalue weighted by molar-refractivity contribution is 7.98. The Kier molecular flexibility index (Phi) is 11.8. The molecule has 0 unspecified atom stereocenters. The van der Waals surface area contributed by atoms with Gasteiger partial charge in [0.2, 0.25) is 11.8 Å². The van der Waals surface area contributed by atoms with Crippen molar-refractivity contribution in [3.63, 3.8) is 0 Å². The number of rotatable bonds is 13. The van der Waals surface area contributed by atoms with Gasteiger partial charge in [-0.05, 0) is 68.1 Å². The molecule has 0 fully saturated rings. The van der Waals surface area contributed by atoms with E-state index in [1.807, 2.05) is 6.26 Å². The van der Waals surface area contributed by atoms with Gasteiger partial charge in [-0.25, -0.2) is 8.42 Å². The van der Waals surface area contributed by atoms with Gasteiger partial charge in [0, 0.05) is 34.1 Å². The Hall–Kier alpha value is -2.92. The Bertz CT molecular complexity index is 1450. The lowest BCUT2D eigenvalue weighted by Crippen LogP contribution is -2.51. The third kappa shape index (κ3) is 7.68. The molecule has 3 aromatic carbocycles. The molecule has 8 nitrogen and oxygen atoms in total. The maximum absolute atomic E-state index is 14.1.